The lowest BCUT2D eigenvalue weighted by atomic mass is 9.93. The number of aliphatic hydroxyl groups is 1. The third-order valence-corrected chi connectivity index (χ3v) is 6.67. The largest absolute Gasteiger partial charge is 0.507 e. The van der Waals surface area contributed by atoms with Crippen LogP contribution in [0.15, 0.2) is 72.3 Å². The molecule has 1 aliphatic rings. The van der Waals surface area contributed by atoms with E-state index in [1.807, 2.05) is 62.4 Å². The van der Waals surface area contributed by atoms with E-state index in [4.69, 9.17) is 23.2 Å². The first-order chi connectivity index (χ1) is 15.8. The Morgan fingerprint density at radius 1 is 0.939 bits per heavy atom. The number of carbonyl (C=O) groups is 2. The number of amides is 1. The molecule has 33 heavy (non-hydrogen) atoms. The maximum absolute atomic E-state index is 13.2. The number of benzene rings is 3. The van der Waals surface area contributed by atoms with E-state index in [-0.39, 0.29) is 11.3 Å². The first kappa shape index (κ1) is 23.1. The summed E-state index contributed by atoms with van der Waals surface area (Å²) >= 11 is 12.4. The van der Waals surface area contributed by atoms with Crippen LogP contribution in [0.25, 0.3) is 5.76 Å². The van der Waals surface area contributed by atoms with Crippen molar-refractivity contribution in [3.63, 3.8) is 0 Å². The summed E-state index contributed by atoms with van der Waals surface area (Å²) in [6.45, 7) is 4.07. The molecule has 1 heterocycles. The molecule has 1 saturated heterocycles. The van der Waals surface area contributed by atoms with Crippen LogP contribution in [-0.2, 0) is 16.0 Å². The molecule has 1 N–H and O–H groups in total. The first-order valence-electron chi connectivity index (χ1n) is 10.6. The van der Waals surface area contributed by atoms with Crippen LogP contribution >= 0.6 is 23.2 Å². The van der Waals surface area contributed by atoms with E-state index in [1.54, 1.807) is 18.2 Å². The first-order valence-corrected chi connectivity index (χ1v) is 11.4. The quantitative estimate of drug-likeness (QED) is 0.266. The van der Waals surface area contributed by atoms with Gasteiger partial charge in [0, 0.05) is 12.1 Å². The van der Waals surface area contributed by atoms with Crippen LogP contribution in [0.3, 0.4) is 0 Å². The number of aliphatic hydroxyl groups excluding tert-OH is 1. The molecule has 1 fully saturated rings. The number of likely N-dealkylation sites (tertiary alicyclic amines) is 1. The Bertz CT molecular complexity index is 1270. The molecule has 0 saturated carbocycles. The normalized spacial score (nSPS) is 17.6. The summed E-state index contributed by atoms with van der Waals surface area (Å²) in [5.74, 6) is -1.54. The molecular weight excluding hydrogens is 457 g/mol. The maximum Gasteiger partial charge on any atom is 0.295 e. The third kappa shape index (κ3) is 4.54. The molecule has 3 aromatic carbocycles. The van der Waals surface area contributed by atoms with Crippen molar-refractivity contribution >= 4 is 40.7 Å². The molecule has 6 heteroatoms. The lowest BCUT2D eigenvalue weighted by Gasteiger charge is -2.26. The number of aryl methyl sites for hydroxylation is 2. The van der Waals surface area contributed by atoms with Gasteiger partial charge < -0.3 is 10.0 Å². The molecule has 1 unspecified atom stereocenters. The minimum absolute atomic E-state index is 0.0557. The van der Waals surface area contributed by atoms with Crippen molar-refractivity contribution in [2.24, 2.45) is 0 Å². The van der Waals surface area contributed by atoms with Crippen molar-refractivity contribution in [2.45, 2.75) is 26.3 Å². The van der Waals surface area contributed by atoms with E-state index in [0.717, 1.165) is 16.7 Å². The van der Waals surface area contributed by atoms with Gasteiger partial charge in [0.05, 0.1) is 21.7 Å². The van der Waals surface area contributed by atoms with Crippen molar-refractivity contribution in [3.8, 4) is 0 Å². The fourth-order valence-electron chi connectivity index (χ4n) is 4.17. The fourth-order valence-corrected chi connectivity index (χ4v) is 4.48. The van der Waals surface area contributed by atoms with E-state index in [0.29, 0.717) is 34.1 Å². The Labute approximate surface area is 203 Å². The lowest BCUT2D eigenvalue weighted by molar-refractivity contribution is -0.139. The number of Topliss-reactive ketones (excluding diaryl/α,β-unsaturated/α-hetero) is 1. The van der Waals surface area contributed by atoms with Crippen LogP contribution in [-0.4, -0.2) is 28.2 Å². The second kappa shape index (κ2) is 9.42. The standard InChI is InChI=1S/C27H23Cl2NO3/c1-16-8-9-17(2)20(14-16)25(31)23-24(19-10-11-21(28)22(29)15-19)30(27(33)26(23)32)13-12-18-6-4-3-5-7-18/h3-11,14-15,24,31H,12-13H2,1-2H3. The molecule has 0 spiro atoms. The van der Waals surface area contributed by atoms with Crippen LogP contribution < -0.4 is 0 Å². The van der Waals surface area contributed by atoms with Gasteiger partial charge >= 0.3 is 0 Å². The summed E-state index contributed by atoms with van der Waals surface area (Å²) in [6.07, 6.45) is 0.565. The molecule has 1 atom stereocenters. The molecule has 3 aromatic rings. The van der Waals surface area contributed by atoms with Gasteiger partial charge in [-0.1, -0.05) is 77.3 Å². The number of hydrogen-bond acceptors (Lipinski definition) is 3. The van der Waals surface area contributed by atoms with Crippen LogP contribution in [0.4, 0.5) is 0 Å². The van der Waals surface area contributed by atoms with Gasteiger partial charge in [-0.05, 0) is 55.2 Å². The molecule has 0 aromatic heterocycles. The Morgan fingerprint density at radius 3 is 2.36 bits per heavy atom. The molecule has 4 rings (SSSR count). The summed E-state index contributed by atoms with van der Waals surface area (Å²) in [5.41, 5.74) is 3.99. The van der Waals surface area contributed by atoms with Gasteiger partial charge in [-0.2, -0.15) is 0 Å². The number of nitrogens with zero attached hydrogens (tertiary/aromatic N) is 1. The van der Waals surface area contributed by atoms with Crippen LogP contribution in [0.5, 0.6) is 0 Å². The highest BCUT2D eigenvalue weighted by atomic mass is 35.5. The summed E-state index contributed by atoms with van der Waals surface area (Å²) in [7, 11) is 0. The monoisotopic (exact) mass is 479 g/mol. The van der Waals surface area contributed by atoms with Crippen LogP contribution in [0, 0.1) is 13.8 Å². The van der Waals surface area contributed by atoms with Crippen molar-refractivity contribution in [1.29, 1.82) is 0 Å². The maximum atomic E-state index is 13.2. The second-order valence-corrected chi connectivity index (χ2v) is 9.03. The summed E-state index contributed by atoms with van der Waals surface area (Å²) < 4.78 is 0. The highest BCUT2D eigenvalue weighted by molar-refractivity contribution is 6.47. The van der Waals surface area contributed by atoms with Crippen molar-refractivity contribution < 1.29 is 14.7 Å². The fraction of sp³-hybridized carbons (Fsp3) is 0.185. The third-order valence-electron chi connectivity index (χ3n) is 5.93. The predicted molar refractivity (Wildman–Crippen MR) is 132 cm³/mol. The zero-order valence-corrected chi connectivity index (χ0v) is 19.8. The lowest BCUT2D eigenvalue weighted by Crippen LogP contribution is -2.31. The van der Waals surface area contributed by atoms with Gasteiger partial charge in [0.1, 0.15) is 5.76 Å². The summed E-state index contributed by atoms with van der Waals surface area (Å²) in [6, 6.07) is 19.6. The van der Waals surface area contributed by atoms with E-state index in [2.05, 4.69) is 0 Å². The Balaban J connectivity index is 1.85. The highest BCUT2D eigenvalue weighted by Gasteiger charge is 2.46. The van der Waals surface area contributed by atoms with Gasteiger partial charge in [-0.3, -0.25) is 9.59 Å². The zero-order chi connectivity index (χ0) is 23.7. The SMILES string of the molecule is Cc1ccc(C)c(C(O)=C2C(=O)C(=O)N(CCc3ccccc3)C2c2ccc(Cl)c(Cl)c2)c1. The molecular formula is C27H23Cl2NO3. The molecule has 168 valence electrons. The van der Waals surface area contributed by atoms with E-state index >= 15 is 0 Å². The Hall–Kier alpha value is -3.08. The predicted octanol–water partition coefficient (Wildman–Crippen LogP) is 6.27. The van der Waals surface area contributed by atoms with Crippen molar-refractivity contribution in [3.05, 3.63) is 110 Å². The number of halogens is 2. The topological polar surface area (TPSA) is 57.6 Å². The van der Waals surface area contributed by atoms with Crippen LogP contribution in [0.1, 0.15) is 33.9 Å². The van der Waals surface area contributed by atoms with Gasteiger partial charge in [0.15, 0.2) is 0 Å². The van der Waals surface area contributed by atoms with Gasteiger partial charge in [-0.25, -0.2) is 0 Å². The minimum Gasteiger partial charge on any atom is -0.507 e. The van der Waals surface area contributed by atoms with Gasteiger partial charge in [0.25, 0.3) is 11.7 Å². The summed E-state index contributed by atoms with van der Waals surface area (Å²) in [4.78, 5) is 27.8. The molecule has 1 amide bonds. The van der Waals surface area contributed by atoms with Gasteiger partial charge in [-0.15, -0.1) is 0 Å². The highest BCUT2D eigenvalue weighted by Crippen LogP contribution is 2.41. The average molecular weight is 480 g/mol. The summed E-state index contributed by atoms with van der Waals surface area (Å²) in [5, 5.41) is 12.0. The van der Waals surface area contributed by atoms with Gasteiger partial charge in [0.2, 0.25) is 0 Å². The van der Waals surface area contributed by atoms with E-state index < -0.39 is 17.7 Å². The molecule has 0 radical (unpaired) electrons. The van der Waals surface area contributed by atoms with Crippen molar-refractivity contribution in [1.82, 2.24) is 4.90 Å². The van der Waals surface area contributed by atoms with Crippen LogP contribution in [0.2, 0.25) is 10.0 Å². The molecule has 0 aliphatic carbocycles. The molecule has 0 bridgehead atoms. The smallest absolute Gasteiger partial charge is 0.295 e. The average Bonchev–Trinajstić information content (AvgIpc) is 3.06. The Kier molecular flexibility index (Phi) is 6.59. The number of carbonyl (C=O) groups excluding carboxylic acids is 2. The minimum atomic E-state index is -0.775. The molecule has 1 aliphatic heterocycles. The zero-order valence-electron chi connectivity index (χ0n) is 18.3. The number of hydrogen-bond donors (Lipinski definition) is 1. The Morgan fingerprint density at radius 2 is 1.67 bits per heavy atom. The molecule has 4 nitrogen and oxygen atoms in total. The number of ketones is 1. The van der Waals surface area contributed by atoms with E-state index in [9.17, 15) is 14.7 Å². The number of rotatable bonds is 5. The second-order valence-electron chi connectivity index (χ2n) is 8.22. The van der Waals surface area contributed by atoms with E-state index in [1.165, 1.54) is 4.90 Å². The van der Waals surface area contributed by atoms with Crippen molar-refractivity contribution in [2.75, 3.05) is 6.54 Å².